The first-order valence-corrected chi connectivity index (χ1v) is 5.94. The fraction of sp³-hybridized carbons (Fsp3) is 0.0769. The van der Waals surface area contributed by atoms with Gasteiger partial charge < -0.3 is 5.11 Å². The Kier molecular flexibility index (Phi) is 3.35. The smallest absolute Gasteiger partial charge is 0.346 e. The Hall–Kier alpha value is -1.94. The molecule has 1 aromatic heterocycles. The highest BCUT2D eigenvalue weighted by molar-refractivity contribution is 7.12. The van der Waals surface area contributed by atoms with Crippen LogP contribution in [0, 0.1) is 0 Å². The summed E-state index contributed by atoms with van der Waals surface area (Å²) in [6.45, 7) is 0. The lowest BCUT2D eigenvalue weighted by Crippen LogP contribution is -2.06. The topological polar surface area (TPSA) is 54.4 Å². The maximum atomic E-state index is 11.9. The molecule has 0 aliphatic heterocycles. The van der Waals surface area contributed by atoms with E-state index in [-0.39, 0.29) is 17.1 Å². The number of ketones is 1. The van der Waals surface area contributed by atoms with E-state index in [0.717, 1.165) is 11.3 Å². The van der Waals surface area contributed by atoms with E-state index in [2.05, 4.69) is 0 Å². The number of hydrogen-bond acceptors (Lipinski definition) is 3. The summed E-state index contributed by atoms with van der Waals surface area (Å²) in [6.07, 6.45) is 0.134. The van der Waals surface area contributed by atoms with Crippen molar-refractivity contribution >= 4 is 23.1 Å². The van der Waals surface area contributed by atoms with Gasteiger partial charge in [0.2, 0.25) is 0 Å². The number of carboxylic acids is 1. The minimum absolute atomic E-state index is 0.0634. The summed E-state index contributed by atoms with van der Waals surface area (Å²) in [5.41, 5.74) is 1.19. The van der Waals surface area contributed by atoms with Crippen LogP contribution in [0.1, 0.15) is 25.6 Å². The van der Waals surface area contributed by atoms with Crippen molar-refractivity contribution in [3.8, 4) is 0 Å². The number of hydrogen-bond donors (Lipinski definition) is 1. The van der Waals surface area contributed by atoms with Gasteiger partial charge >= 0.3 is 5.97 Å². The Balaban J connectivity index is 2.19. The van der Waals surface area contributed by atoms with E-state index in [1.165, 1.54) is 0 Å². The molecule has 0 radical (unpaired) electrons. The number of carbonyl (C=O) groups excluding carboxylic acids is 1. The Morgan fingerprint density at radius 3 is 2.47 bits per heavy atom. The Bertz CT molecular complexity index is 543. The van der Waals surface area contributed by atoms with Crippen LogP contribution < -0.4 is 0 Å². The van der Waals surface area contributed by atoms with Gasteiger partial charge in [-0.15, -0.1) is 11.3 Å². The zero-order valence-electron chi connectivity index (χ0n) is 8.92. The average Bonchev–Trinajstić information content (AvgIpc) is 2.78. The molecule has 0 amide bonds. The highest BCUT2D eigenvalue weighted by Crippen LogP contribution is 2.18. The molecule has 0 saturated carbocycles. The second-order valence-corrected chi connectivity index (χ2v) is 4.46. The van der Waals surface area contributed by atoms with E-state index >= 15 is 0 Å². The first-order valence-electron chi connectivity index (χ1n) is 5.06. The van der Waals surface area contributed by atoms with Crippen molar-refractivity contribution in [2.24, 2.45) is 0 Å². The summed E-state index contributed by atoms with van der Waals surface area (Å²) in [7, 11) is 0. The molecule has 0 unspecified atom stereocenters. The number of aromatic carboxylic acids is 1. The molecule has 0 bridgehead atoms. The van der Waals surface area contributed by atoms with Gasteiger partial charge in [-0.3, -0.25) is 4.79 Å². The van der Waals surface area contributed by atoms with E-state index < -0.39 is 5.97 Å². The summed E-state index contributed by atoms with van der Waals surface area (Å²) < 4.78 is 0. The van der Waals surface area contributed by atoms with Gasteiger partial charge in [0, 0.05) is 12.0 Å². The van der Waals surface area contributed by atoms with Crippen molar-refractivity contribution < 1.29 is 14.7 Å². The minimum atomic E-state index is -0.976. The molecule has 2 rings (SSSR count). The van der Waals surface area contributed by atoms with Crippen LogP contribution in [0.15, 0.2) is 41.8 Å². The standard InChI is InChI=1S/C13H10O3S/c14-11(9-4-2-1-3-5-9)8-10-6-7-17-12(10)13(15)16/h1-7H,8H2,(H,15,16). The van der Waals surface area contributed by atoms with Gasteiger partial charge in [-0.05, 0) is 17.0 Å². The van der Waals surface area contributed by atoms with Gasteiger partial charge in [0.05, 0.1) is 0 Å². The highest BCUT2D eigenvalue weighted by atomic mass is 32.1. The van der Waals surface area contributed by atoms with Crippen LogP contribution in [-0.2, 0) is 6.42 Å². The molecule has 1 N–H and O–H groups in total. The van der Waals surface area contributed by atoms with E-state index in [0.29, 0.717) is 11.1 Å². The second-order valence-electron chi connectivity index (χ2n) is 3.55. The third-order valence-corrected chi connectivity index (χ3v) is 3.33. The van der Waals surface area contributed by atoms with E-state index in [4.69, 9.17) is 5.11 Å². The van der Waals surface area contributed by atoms with Crippen molar-refractivity contribution in [1.82, 2.24) is 0 Å². The molecule has 1 aromatic carbocycles. The number of rotatable bonds is 4. The van der Waals surface area contributed by atoms with Gasteiger partial charge in [-0.25, -0.2) is 4.79 Å². The van der Waals surface area contributed by atoms with Crippen LogP contribution in [0.5, 0.6) is 0 Å². The molecular weight excluding hydrogens is 236 g/mol. The molecule has 0 saturated heterocycles. The Labute approximate surface area is 102 Å². The van der Waals surface area contributed by atoms with Crippen molar-refractivity contribution in [2.75, 3.05) is 0 Å². The first-order chi connectivity index (χ1) is 8.18. The first kappa shape index (κ1) is 11.5. The number of thiophene rings is 1. The summed E-state index contributed by atoms with van der Waals surface area (Å²) >= 11 is 1.14. The molecule has 4 heteroatoms. The van der Waals surface area contributed by atoms with Crippen molar-refractivity contribution in [3.05, 3.63) is 57.8 Å². The molecule has 0 spiro atoms. The third kappa shape index (κ3) is 2.60. The van der Waals surface area contributed by atoms with Crippen LogP contribution in [0.4, 0.5) is 0 Å². The van der Waals surface area contributed by atoms with Gasteiger partial charge in [0.25, 0.3) is 0 Å². The van der Waals surface area contributed by atoms with Gasteiger partial charge in [0.1, 0.15) is 4.88 Å². The zero-order valence-corrected chi connectivity index (χ0v) is 9.74. The Morgan fingerprint density at radius 1 is 1.12 bits per heavy atom. The number of carbonyl (C=O) groups is 2. The maximum absolute atomic E-state index is 11.9. The minimum Gasteiger partial charge on any atom is -0.477 e. The maximum Gasteiger partial charge on any atom is 0.346 e. The molecule has 3 nitrogen and oxygen atoms in total. The van der Waals surface area contributed by atoms with Crippen LogP contribution in [0.3, 0.4) is 0 Å². The lowest BCUT2D eigenvalue weighted by molar-refractivity contribution is 0.0701. The van der Waals surface area contributed by atoms with Crippen LogP contribution in [-0.4, -0.2) is 16.9 Å². The number of Topliss-reactive ketones (excluding diaryl/α,β-unsaturated/α-hetero) is 1. The summed E-state index contributed by atoms with van der Waals surface area (Å²) in [5.74, 6) is -1.04. The monoisotopic (exact) mass is 246 g/mol. The van der Waals surface area contributed by atoms with Crippen LogP contribution in [0.2, 0.25) is 0 Å². The molecule has 86 valence electrons. The predicted octanol–water partition coefficient (Wildman–Crippen LogP) is 2.87. The van der Waals surface area contributed by atoms with Crippen molar-refractivity contribution in [1.29, 1.82) is 0 Å². The number of carboxylic acid groups (broad SMARTS) is 1. The third-order valence-electron chi connectivity index (χ3n) is 2.39. The quantitative estimate of drug-likeness (QED) is 0.844. The molecule has 0 atom stereocenters. The van der Waals surface area contributed by atoms with E-state index in [1.54, 1.807) is 35.7 Å². The molecule has 1 heterocycles. The highest BCUT2D eigenvalue weighted by Gasteiger charge is 2.15. The number of benzene rings is 1. The van der Waals surface area contributed by atoms with Crippen molar-refractivity contribution in [2.45, 2.75) is 6.42 Å². The normalized spacial score (nSPS) is 10.1. The SMILES string of the molecule is O=C(Cc1ccsc1C(=O)O)c1ccccc1. The summed E-state index contributed by atoms with van der Waals surface area (Å²) in [6, 6.07) is 10.6. The predicted molar refractivity (Wildman–Crippen MR) is 65.8 cm³/mol. The van der Waals surface area contributed by atoms with Crippen LogP contribution >= 0.6 is 11.3 Å². The summed E-state index contributed by atoms with van der Waals surface area (Å²) in [4.78, 5) is 23.0. The molecular formula is C13H10O3S. The molecule has 0 aliphatic rings. The lowest BCUT2D eigenvalue weighted by Gasteiger charge is -2.00. The summed E-state index contributed by atoms with van der Waals surface area (Å²) in [5, 5.41) is 10.6. The van der Waals surface area contributed by atoms with Gasteiger partial charge in [0.15, 0.2) is 5.78 Å². The molecule has 2 aromatic rings. The molecule has 0 aliphatic carbocycles. The van der Waals surface area contributed by atoms with Crippen LogP contribution in [0.25, 0.3) is 0 Å². The fourth-order valence-corrected chi connectivity index (χ4v) is 2.32. The van der Waals surface area contributed by atoms with Crippen molar-refractivity contribution in [3.63, 3.8) is 0 Å². The molecule has 0 fully saturated rings. The van der Waals surface area contributed by atoms with E-state index in [1.807, 2.05) is 6.07 Å². The zero-order chi connectivity index (χ0) is 12.3. The lowest BCUT2D eigenvalue weighted by atomic mass is 10.0. The van der Waals surface area contributed by atoms with Gasteiger partial charge in [-0.2, -0.15) is 0 Å². The van der Waals surface area contributed by atoms with Gasteiger partial charge in [-0.1, -0.05) is 30.3 Å². The fourth-order valence-electron chi connectivity index (χ4n) is 1.56. The second kappa shape index (κ2) is 4.93. The Morgan fingerprint density at radius 2 is 1.82 bits per heavy atom. The largest absolute Gasteiger partial charge is 0.477 e. The van der Waals surface area contributed by atoms with E-state index in [9.17, 15) is 9.59 Å². The average molecular weight is 246 g/mol. The molecule has 17 heavy (non-hydrogen) atoms.